The van der Waals surface area contributed by atoms with Crippen LogP contribution in [0.15, 0.2) is 30.3 Å². The average molecular weight is 377 g/mol. The van der Waals surface area contributed by atoms with E-state index in [2.05, 4.69) is 5.32 Å². The highest BCUT2D eigenvalue weighted by molar-refractivity contribution is 7.98. The maximum absolute atomic E-state index is 12.6. The van der Waals surface area contributed by atoms with Gasteiger partial charge in [0, 0.05) is 13.1 Å². The first kappa shape index (κ1) is 18.6. The number of rotatable bonds is 5. The molecule has 3 amide bonds. The normalized spacial score (nSPS) is 22.7. The minimum Gasteiger partial charge on any atom is -0.445 e. The van der Waals surface area contributed by atoms with Crippen LogP contribution in [0.2, 0.25) is 0 Å². The molecule has 0 radical (unpaired) electrons. The number of nitrogens with zero attached hydrogens (tertiary/aromatic N) is 2. The highest BCUT2D eigenvalue weighted by Crippen LogP contribution is 2.19. The summed E-state index contributed by atoms with van der Waals surface area (Å²) >= 11 is 1.64. The van der Waals surface area contributed by atoms with E-state index < -0.39 is 18.2 Å². The molecule has 2 unspecified atom stereocenters. The van der Waals surface area contributed by atoms with Crippen LogP contribution in [0.25, 0.3) is 0 Å². The summed E-state index contributed by atoms with van der Waals surface area (Å²) in [6.07, 6.45) is 2.13. The molecular weight excluding hydrogens is 354 g/mol. The van der Waals surface area contributed by atoms with E-state index in [1.54, 1.807) is 16.7 Å². The molecule has 0 spiro atoms. The second kappa shape index (κ2) is 8.44. The van der Waals surface area contributed by atoms with E-state index in [4.69, 9.17) is 4.74 Å². The molecule has 2 aliphatic heterocycles. The lowest BCUT2D eigenvalue weighted by molar-refractivity contribution is -0.152. The number of hydrogen-bond acceptors (Lipinski definition) is 5. The van der Waals surface area contributed by atoms with Crippen LogP contribution >= 0.6 is 11.8 Å². The van der Waals surface area contributed by atoms with Crippen molar-refractivity contribution in [2.75, 3.05) is 31.6 Å². The van der Waals surface area contributed by atoms with Gasteiger partial charge >= 0.3 is 6.09 Å². The molecule has 2 atom stereocenters. The van der Waals surface area contributed by atoms with Gasteiger partial charge in [0.1, 0.15) is 18.7 Å². The number of carbonyl (C=O) groups is 3. The molecule has 1 N–H and O–H groups in total. The predicted molar refractivity (Wildman–Crippen MR) is 98.6 cm³/mol. The number of thioether (sulfide) groups is 1. The van der Waals surface area contributed by atoms with Gasteiger partial charge in [-0.05, 0) is 24.0 Å². The van der Waals surface area contributed by atoms with Crippen molar-refractivity contribution in [2.24, 2.45) is 0 Å². The molecule has 2 aliphatic rings. The zero-order valence-electron chi connectivity index (χ0n) is 14.7. The van der Waals surface area contributed by atoms with Gasteiger partial charge in [-0.15, -0.1) is 0 Å². The molecule has 2 fully saturated rings. The SMILES string of the molecule is CSCCC1NC(=O)C2CN(C(=O)OCc3ccccc3)CCN2C1=O. The summed E-state index contributed by atoms with van der Waals surface area (Å²) in [6, 6.07) is 8.34. The molecule has 1 aromatic rings. The van der Waals surface area contributed by atoms with Crippen molar-refractivity contribution in [1.29, 1.82) is 0 Å². The van der Waals surface area contributed by atoms with Crippen molar-refractivity contribution in [1.82, 2.24) is 15.1 Å². The molecule has 7 nitrogen and oxygen atoms in total. The van der Waals surface area contributed by atoms with Gasteiger partial charge in [-0.3, -0.25) is 9.59 Å². The zero-order chi connectivity index (χ0) is 18.5. The number of hydrogen-bond donors (Lipinski definition) is 1. The molecule has 0 bridgehead atoms. The van der Waals surface area contributed by atoms with Gasteiger partial charge in [-0.1, -0.05) is 30.3 Å². The lowest BCUT2D eigenvalue weighted by Gasteiger charge is -2.44. The summed E-state index contributed by atoms with van der Waals surface area (Å²) in [7, 11) is 0. The second-order valence-electron chi connectivity index (χ2n) is 6.38. The van der Waals surface area contributed by atoms with Gasteiger partial charge < -0.3 is 19.9 Å². The fraction of sp³-hybridized carbons (Fsp3) is 0.500. The number of piperazine rings is 2. The molecule has 1 aromatic carbocycles. The Kier molecular flexibility index (Phi) is 6.03. The van der Waals surface area contributed by atoms with E-state index in [1.165, 1.54) is 4.90 Å². The molecule has 0 saturated carbocycles. The first-order chi connectivity index (χ1) is 12.6. The van der Waals surface area contributed by atoms with Gasteiger partial charge in [0.05, 0.1) is 6.54 Å². The van der Waals surface area contributed by atoms with Gasteiger partial charge in [-0.2, -0.15) is 11.8 Å². The quantitative estimate of drug-likeness (QED) is 0.831. The van der Waals surface area contributed by atoms with Crippen LogP contribution in [0.5, 0.6) is 0 Å². The number of nitrogens with one attached hydrogen (secondary N) is 1. The number of amides is 3. The van der Waals surface area contributed by atoms with Crippen molar-refractivity contribution in [2.45, 2.75) is 25.1 Å². The van der Waals surface area contributed by atoms with Crippen LogP contribution in [-0.2, 0) is 20.9 Å². The standard InChI is InChI=1S/C18H23N3O4S/c1-26-10-7-14-17(23)21-9-8-20(11-15(21)16(22)19-14)18(24)25-12-13-5-3-2-4-6-13/h2-6,14-15H,7-12H2,1H3,(H,19,22). The van der Waals surface area contributed by atoms with Gasteiger partial charge in [0.25, 0.3) is 0 Å². The van der Waals surface area contributed by atoms with Crippen LogP contribution in [0.4, 0.5) is 4.79 Å². The first-order valence-corrected chi connectivity index (χ1v) is 10.0. The zero-order valence-corrected chi connectivity index (χ0v) is 15.5. The van der Waals surface area contributed by atoms with Crippen molar-refractivity contribution in [3.8, 4) is 0 Å². The Morgan fingerprint density at radius 3 is 2.77 bits per heavy atom. The van der Waals surface area contributed by atoms with E-state index in [1.807, 2.05) is 36.6 Å². The molecule has 0 aromatic heterocycles. The fourth-order valence-corrected chi connectivity index (χ4v) is 3.68. The Morgan fingerprint density at radius 1 is 1.27 bits per heavy atom. The third kappa shape index (κ3) is 4.12. The number of ether oxygens (including phenoxy) is 1. The van der Waals surface area contributed by atoms with Gasteiger partial charge in [0.2, 0.25) is 11.8 Å². The largest absolute Gasteiger partial charge is 0.445 e. The Hall–Kier alpha value is -2.22. The molecule has 3 rings (SSSR count). The number of carbonyl (C=O) groups excluding carboxylic acids is 3. The van der Waals surface area contributed by atoms with Crippen molar-refractivity contribution >= 4 is 29.7 Å². The lowest BCUT2D eigenvalue weighted by Crippen LogP contribution is -2.69. The van der Waals surface area contributed by atoms with Crippen LogP contribution in [0.1, 0.15) is 12.0 Å². The van der Waals surface area contributed by atoms with Gasteiger partial charge in [0.15, 0.2) is 0 Å². The summed E-state index contributed by atoms with van der Waals surface area (Å²) in [5.74, 6) is 0.560. The van der Waals surface area contributed by atoms with Crippen LogP contribution in [0.3, 0.4) is 0 Å². The van der Waals surface area contributed by atoms with E-state index in [9.17, 15) is 14.4 Å². The van der Waals surface area contributed by atoms with Crippen molar-refractivity contribution < 1.29 is 19.1 Å². The Balaban J connectivity index is 1.56. The first-order valence-electron chi connectivity index (χ1n) is 8.65. The molecule has 2 saturated heterocycles. The van der Waals surface area contributed by atoms with Gasteiger partial charge in [-0.25, -0.2) is 4.79 Å². The Bertz CT molecular complexity index is 670. The Labute approximate surface area is 157 Å². The van der Waals surface area contributed by atoms with E-state index in [0.717, 1.165) is 11.3 Å². The number of fused-ring (bicyclic) bond motifs is 1. The van der Waals surface area contributed by atoms with Crippen LogP contribution in [-0.4, -0.2) is 71.4 Å². The molecule has 140 valence electrons. The minimum absolute atomic E-state index is 0.0547. The maximum Gasteiger partial charge on any atom is 0.410 e. The lowest BCUT2D eigenvalue weighted by atomic mass is 10.0. The molecule has 2 heterocycles. The van der Waals surface area contributed by atoms with E-state index in [0.29, 0.717) is 19.5 Å². The van der Waals surface area contributed by atoms with Crippen LogP contribution in [0, 0.1) is 0 Å². The topological polar surface area (TPSA) is 79.0 Å². The smallest absolute Gasteiger partial charge is 0.410 e. The Morgan fingerprint density at radius 2 is 2.04 bits per heavy atom. The number of benzene rings is 1. The average Bonchev–Trinajstić information content (AvgIpc) is 2.68. The monoisotopic (exact) mass is 377 g/mol. The van der Waals surface area contributed by atoms with Crippen molar-refractivity contribution in [3.05, 3.63) is 35.9 Å². The molecule has 8 heteroatoms. The minimum atomic E-state index is -0.633. The molecule has 26 heavy (non-hydrogen) atoms. The summed E-state index contributed by atoms with van der Waals surface area (Å²) in [5, 5.41) is 2.80. The highest BCUT2D eigenvalue weighted by atomic mass is 32.2. The summed E-state index contributed by atoms with van der Waals surface area (Å²) in [6.45, 7) is 1.08. The summed E-state index contributed by atoms with van der Waals surface area (Å²) in [5.41, 5.74) is 0.904. The predicted octanol–water partition coefficient (Wildman–Crippen LogP) is 1.09. The maximum atomic E-state index is 12.6. The van der Waals surface area contributed by atoms with Crippen LogP contribution < -0.4 is 5.32 Å². The third-order valence-electron chi connectivity index (χ3n) is 4.65. The van der Waals surface area contributed by atoms with E-state index in [-0.39, 0.29) is 25.0 Å². The molecule has 0 aliphatic carbocycles. The highest BCUT2D eigenvalue weighted by Gasteiger charge is 2.44. The fourth-order valence-electron chi connectivity index (χ4n) is 3.21. The second-order valence-corrected chi connectivity index (χ2v) is 7.36. The summed E-state index contributed by atoms with van der Waals surface area (Å²) < 4.78 is 5.33. The van der Waals surface area contributed by atoms with Crippen molar-refractivity contribution in [3.63, 3.8) is 0 Å². The third-order valence-corrected chi connectivity index (χ3v) is 5.30. The summed E-state index contributed by atoms with van der Waals surface area (Å²) in [4.78, 5) is 40.4. The molecular formula is C18H23N3O4S. The van der Waals surface area contributed by atoms with E-state index >= 15 is 0 Å².